The number of nitrogens with two attached hydrogens (primary N) is 1. The first kappa shape index (κ1) is 12.9. The summed E-state index contributed by atoms with van der Waals surface area (Å²) >= 11 is 0. The van der Waals surface area contributed by atoms with E-state index in [1.165, 1.54) is 0 Å². The largest absolute Gasteiger partial charge is 0.359 e. The molecule has 1 rings (SSSR count). The zero-order chi connectivity index (χ0) is 12.0. The van der Waals surface area contributed by atoms with Gasteiger partial charge in [-0.15, -0.1) is 0 Å². The Bertz CT molecular complexity index is 257. The highest BCUT2D eigenvalue weighted by Crippen LogP contribution is 2.16. The fourth-order valence-corrected chi connectivity index (χ4v) is 2.01. The Kier molecular flexibility index (Phi) is 5.21. The first-order valence-corrected chi connectivity index (χ1v) is 5.60. The van der Waals surface area contributed by atoms with Crippen molar-refractivity contribution in [2.45, 2.75) is 19.3 Å². The molecular weight excluding hydrogens is 208 g/mol. The van der Waals surface area contributed by atoms with Gasteiger partial charge in [0.05, 0.1) is 5.92 Å². The van der Waals surface area contributed by atoms with Gasteiger partial charge < -0.3 is 10.2 Å². The maximum absolute atomic E-state index is 11.5. The number of likely N-dealkylation sites (tertiary alicyclic amines) is 1. The summed E-state index contributed by atoms with van der Waals surface area (Å²) < 4.78 is 0. The molecule has 1 unspecified atom stereocenters. The molecule has 92 valence electrons. The van der Waals surface area contributed by atoms with E-state index >= 15 is 0 Å². The van der Waals surface area contributed by atoms with Crippen LogP contribution in [-0.4, -0.2) is 43.4 Å². The summed E-state index contributed by atoms with van der Waals surface area (Å²) in [5, 5.41) is 2.67. The Morgan fingerprint density at radius 2 is 2.25 bits per heavy atom. The van der Waals surface area contributed by atoms with Crippen molar-refractivity contribution in [1.29, 1.82) is 0 Å². The Morgan fingerprint density at radius 1 is 1.50 bits per heavy atom. The number of rotatable bonds is 4. The highest BCUT2D eigenvalue weighted by Gasteiger charge is 2.24. The summed E-state index contributed by atoms with van der Waals surface area (Å²) in [4.78, 5) is 24.6. The lowest BCUT2D eigenvalue weighted by Gasteiger charge is -2.31. The molecule has 0 aromatic carbocycles. The Hall–Kier alpha value is -1.14. The van der Waals surface area contributed by atoms with Gasteiger partial charge in [-0.25, -0.2) is 5.84 Å². The number of nitrogens with one attached hydrogen (secondary N) is 2. The number of carbonyl (C=O) groups excluding carboxylic acids is 2. The van der Waals surface area contributed by atoms with Crippen molar-refractivity contribution in [3.63, 3.8) is 0 Å². The van der Waals surface area contributed by atoms with Crippen LogP contribution in [0.5, 0.6) is 0 Å². The number of amides is 2. The number of hydrazine groups is 1. The van der Waals surface area contributed by atoms with Crippen molar-refractivity contribution in [2.75, 3.05) is 26.7 Å². The Labute approximate surface area is 95.5 Å². The van der Waals surface area contributed by atoms with Crippen molar-refractivity contribution in [3.05, 3.63) is 0 Å². The third-order valence-corrected chi connectivity index (χ3v) is 2.94. The van der Waals surface area contributed by atoms with Crippen LogP contribution >= 0.6 is 0 Å². The first-order chi connectivity index (χ1) is 7.67. The van der Waals surface area contributed by atoms with Crippen molar-refractivity contribution >= 4 is 11.8 Å². The van der Waals surface area contributed by atoms with Crippen LogP contribution in [0.15, 0.2) is 0 Å². The molecule has 16 heavy (non-hydrogen) atoms. The molecule has 0 aliphatic carbocycles. The molecule has 0 saturated carbocycles. The minimum absolute atomic E-state index is 0.0553. The fraction of sp³-hybridized carbons (Fsp3) is 0.800. The summed E-state index contributed by atoms with van der Waals surface area (Å²) in [6.07, 6.45) is 2.32. The molecule has 1 aliphatic heterocycles. The second-order valence-electron chi connectivity index (χ2n) is 4.07. The lowest BCUT2D eigenvalue weighted by molar-refractivity contribution is -0.126. The van der Waals surface area contributed by atoms with E-state index in [1.807, 2.05) is 0 Å². The summed E-state index contributed by atoms with van der Waals surface area (Å²) in [5.41, 5.74) is 2.10. The van der Waals surface area contributed by atoms with E-state index < -0.39 is 0 Å². The Balaban J connectivity index is 2.33. The molecule has 6 heteroatoms. The van der Waals surface area contributed by atoms with Crippen molar-refractivity contribution in [2.24, 2.45) is 11.8 Å². The van der Waals surface area contributed by atoms with Gasteiger partial charge in [0.2, 0.25) is 11.8 Å². The standard InChI is InChI=1S/C10H20N4O2/c1-12-10(16)8-3-2-5-14(7-8)6-4-9(15)13-11/h8H,2-7,11H2,1H3,(H,12,16)(H,13,15). The van der Waals surface area contributed by atoms with Crippen molar-refractivity contribution < 1.29 is 9.59 Å². The average Bonchev–Trinajstić information content (AvgIpc) is 2.35. The van der Waals surface area contributed by atoms with E-state index in [1.54, 1.807) is 7.05 Å². The van der Waals surface area contributed by atoms with Crippen LogP contribution in [0.1, 0.15) is 19.3 Å². The summed E-state index contributed by atoms with van der Waals surface area (Å²) in [6, 6.07) is 0. The molecule has 1 atom stereocenters. The van der Waals surface area contributed by atoms with Crippen LogP contribution in [0, 0.1) is 5.92 Å². The monoisotopic (exact) mass is 228 g/mol. The van der Waals surface area contributed by atoms with E-state index in [0.717, 1.165) is 25.9 Å². The molecule has 1 aliphatic rings. The molecule has 0 radical (unpaired) electrons. The molecule has 1 fully saturated rings. The number of carbonyl (C=O) groups is 2. The molecule has 0 aromatic rings. The lowest BCUT2D eigenvalue weighted by atomic mass is 9.97. The molecule has 1 heterocycles. The van der Waals surface area contributed by atoms with Crippen LogP contribution in [0.3, 0.4) is 0 Å². The van der Waals surface area contributed by atoms with Crippen LogP contribution < -0.4 is 16.6 Å². The Morgan fingerprint density at radius 3 is 2.88 bits per heavy atom. The molecular formula is C10H20N4O2. The summed E-state index contributed by atoms with van der Waals surface area (Å²) in [7, 11) is 1.66. The topological polar surface area (TPSA) is 87.5 Å². The average molecular weight is 228 g/mol. The zero-order valence-electron chi connectivity index (χ0n) is 9.66. The molecule has 0 aromatic heterocycles. The minimum Gasteiger partial charge on any atom is -0.359 e. The molecule has 2 amide bonds. The van der Waals surface area contributed by atoms with E-state index in [9.17, 15) is 9.59 Å². The van der Waals surface area contributed by atoms with Crippen molar-refractivity contribution in [1.82, 2.24) is 15.6 Å². The lowest BCUT2D eigenvalue weighted by Crippen LogP contribution is -2.43. The highest BCUT2D eigenvalue weighted by atomic mass is 16.2. The molecule has 1 saturated heterocycles. The maximum atomic E-state index is 11.5. The van der Waals surface area contributed by atoms with Gasteiger partial charge in [-0.1, -0.05) is 0 Å². The predicted octanol–water partition coefficient (Wildman–Crippen LogP) is -1.18. The second-order valence-corrected chi connectivity index (χ2v) is 4.07. The van der Waals surface area contributed by atoms with Crippen molar-refractivity contribution in [3.8, 4) is 0 Å². The molecule has 6 nitrogen and oxygen atoms in total. The van der Waals surface area contributed by atoms with Crippen LogP contribution in [0.25, 0.3) is 0 Å². The predicted molar refractivity (Wildman–Crippen MR) is 60.2 cm³/mol. The highest BCUT2D eigenvalue weighted by molar-refractivity contribution is 5.78. The van der Waals surface area contributed by atoms with Gasteiger partial charge in [0.1, 0.15) is 0 Å². The van der Waals surface area contributed by atoms with E-state index in [2.05, 4.69) is 15.6 Å². The summed E-state index contributed by atoms with van der Waals surface area (Å²) in [5.74, 6) is 4.98. The minimum atomic E-state index is -0.165. The third-order valence-electron chi connectivity index (χ3n) is 2.94. The van der Waals surface area contributed by atoms with Gasteiger partial charge >= 0.3 is 0 Å². The van der Waals surface area contributed by atoms with Gasteiger partial charge in [0, 0.05) is 26.6 Å². The quantitative estimate of drug-likeness (QED) is 0.321. The van der Waals surface area contributed by atoms with Gasteiger partial charge in [-0.05, 0) is 19.4 Å². The number of nitrogens with zero attached hydrogens (tertiary/aromatic N) is 1. The number of hydrogen-bond acceptors (Lipinski definition) is 4. The van der Waals surface area contributed by atoms with Crippen LogP contribution in [0.4, 0.5) is 0 Å². The van der Waals surface area contributed by atoms with Gasteiger partial charge in [0.15, 0.2) is 0 Å². The van der Waals surface area contributed by atoms with Crippen LogP contribution in [0.2, 0.25) is 0 Å². The first-order valence-electron chi connectivity index (χ1n) is 5.60. The normalized spacial score (nSPS) is 21.5. The van der Waals surface area contributed by atoms with E-state index in [0.29, 0.717) is 13.0 Å². The smallest absolute Gasteiger partial charge is 0.235 e. The maximum Gasteiger partial charge on any atom is 0.235 e. The second kappa shape index (κ2) is 6.44. The van der Waals surface area contributed by atoms with Crippen LogP contribution in [-0.2, 0) is 9.59 Å². The number of hydrogen-bond donors (Lipinski definition) is 3. The fourth-order valence-electron chi connectivity index (χ4n) is 2.01. The van der Waals surface area contributed by atoms with Gasteiger partial charge in [-0.2, -0.15) is 0 Å². The van der Waals surface area contributed by atoms with Gasteiger partial charge in [0.25, 0.3) is 0 Å². The zero-order valence-corrected chi connectivity index (χ0v) is 9.66. The third kappa shape index (κ3) is 3.79. The summed E-state index contributed by atoms with van der Waals surface area (Å²) in [6.45, 7) is 2.35. The van der Waals surface area contributed by atoms with Gasteiger partial charge in [-0.3, -0.25) is 15.0 Å². The van der Waals surface area contributed by atoms with E-state index in [4.69, 9.17) is 5.84 Å². The molecule has 4 N–H and O–H groups in total. The molecule has 0 bridgehead atoms. The SMILES string of the molecule is CNC(=O)C1CCCN(CCC(=O)NN)C1. The van der Waals surface area contributed by atoms with E-state index in [-0.39, 0.29) is 17.7 Å². The number of piperidine rings is 1. The molecule has 0 spiro atoms.